The summed E-state index contributed by atoms with van der Waals surface area (Å²) < 4.78 is 0. The summed E-state index contributed by atoms with van der Waals surface area (Å²) >= 11 is 5.61. The lowest BCUT2D eigenvalue weighted by Crippen LogP contribution is -1.91. The molecule has 0 unspecified atom stereocenters. The zero-order valence-corrected chi connectivity index (χ0v) is 5.89. The Morgan fingerprint density at radius 1 is 1.60 bits per heavy atom. The average molecular weight is 153 g/mol. The minimum absolute atomic E-state index is 0.399. The van der Waals surface area contributed by atoms with Gasteiger partial charge < -0.3 is 5.73 Å². The maximum Gasteiger partial charge on any atom is 0.0831 e. The van der Waals surface area contributed by atoms with Crippen LogP contribution < -0.4 is 5.73 Å². The fourth-order valence-electron chi connectivity index (χ4n) is 0.560. The summed E-state index contributed by atoms with van der Waals surface area (Å²) in [5.74, 6) is 2.36. The molecule has 0 bridgehead atoms. The minimum Gasteiger partial charge on any atom is -0.396 e. The van der Waals surface area contributed by atoms with Crippen molar-refractivity contribution in [1.29, 1.82) is 0 Å². The molecule has 0 aromatic carbocycles. The molecule has 0 atom stereocenters. The lowest BCUT2D eigenvalue weighted by atomic mass is 10.2. The van der Waals surface area contributed by atoms with E-state index in [4.69, 9.17) is 23.8 Å². The van der Waals surface area contributed by atoms with E-state index in [1.807, 2.05) is 0 Å². The number of hydrogen-bond donors (Lipinski definition) is 1. The first-order valence-electron chi connectivity index (χ1n) is 2.61. The Balaban J connectivity index is 3.31. The molecule has 0 saturated carbocycles. The standard InChI is InChI=1S/C7H5ClN2/c1-2-5-3-10-4-6(8)7(5)9/h1,3-4H,(H2,9,10). The summed E-state index contributed by atoms with van der Waals surface area (Å²) in [6.45, 7) is 0. The highest BCUT2D eigenvalue weighted by atomic mass is 35.5. The van der Waals surface area contributed by atoms with Crippen LogP contribution in [-0.2, 0) is 0 Å². The molecule has 3 heteroatoms. The van der Waals surface area contributed by atoms with Crippen LogP contribution in [0.2, 0.25) is 5.02 Å². The molecule has 50 valence electrons. The SMILES string of the molecule is C#Cc1cncc(Cl)c1N. The van der Waals surface area contributed by atoms with Crippen LogP contribution in [0.4, 0.5) is 5.69 Å². The molecule has 0 radical (unpaired) electrons. The number of nitrogen functional groups attached to an aromatic ring is 1. The molecule has 10 heavy (non-hydrogen) atoms. The van der Waals surface area contributed by atoms with Gasteiger partial charge in [0.2, 0.25) is 0 Å². The molecule has 0 aliphatic heterocycles. The minimum atomic E-state index is 0.399. The van der Waals surface area contributed by atoms with Crippen LogP contribution in [0.1, 0.15) is 5.56 Å². The molecule has 0 aliphatic rings. The number of halogens is 1. The molecule has 1 aromatic rings. The van der Waals surface area contributed by atoms with Crippen LogP contribution in [0.3, 0.4) is 0 Å². The summed E-state index contributed by atoms with van der Waals surface area (Å²) in [4.78, 5) is 3.76. The molecule has 1 aromatic heterocycles. The Morgan fingerprint density at radius 2 is 2.30 bits per heavy atom. The van der Waals surface area contributed by atoms with Crippen molar-refractivity contribution in [3.05, 3.63) is 23.0 Å². The van der Waals surface area contributed by atoms with Gasteiger partial charge in [-0.1, -0.05) is 17.5 Å². The van der Waals surface area contributed by atoms with E-state index in [-0.39, 0.29) is 0 Å². The van der Waals surface area contributed by atoms with Crippen molar-refractivity contribution in [3.63, 3.8) is 0 Å². The van der Waals surface area contributed by atoms with Gasteiger partial charge in [-0.3, -0.25) is 4.98 Å². The number of terminal acetylenes is 1. The van der Waals surface area contributed by atoms with Crippen molar-refractivity contribution in [3.8, 4) is 12.3 Å². The second kappa shape index (κ2) is 2.59. The highest BCUT2D eigenvalue weighted by Gasteiger charge is 1.98. The maximum atomic E-state index is 5.61. The molecule has 1 heterocycles. The second-order valence-electron chi connectivity index (χ2n) is 1.73. The van der Waals surface area contributed by atoms with Crippen molar-refractivity contribution in [2.45, 2.75) is 0 Å². The van der Waals surface area contributed by atoms with Gasteiger partial charge in [0.25, 0.3) is 0 Å². The summed E-state index contributed by atoms with van der Waals surface area (Å²) in [5.41, 5.74) is 6.43. The van der Waals surface area contributed by atoms with E-state index in [1.165, 1.54) is 12.4 Å². The van der Waals surface area contributed by atoms with Crippen molar-refractivity contribution >= 4 is 17.3 Å². The summed E-state index contributed by atoms with van der Waals surface area (Å²) in [6, 6.07) is 0. The van der Waals surface area contributed by atoms with E-state index in [0.717, 1.165) is 0 Å². The molecule has 1 rings (SSSR count). The number of nitrogens with zero attached hydrogens (tertiary/aromatic N) is 1. The van der Waals surface area contributed by atoms with Gasteiger partial charge in [-0.15, -0.1) is 6.42 Å². The van der Waals surface area contributed by atoms with Crippen LogP contribution in [0.5, 0.6) is 0 Å². The molecule has 0 saturated heterocycles. The normalized spacial score (nSPS) is 8.80. The third kappa shape index (κ3) is 1.04. The van der Waals surface area contributed by atoms with Crippen molar-refractivity contribution in [2.24, 2.45) is 0 Å². The fourth-order valence-corrected chi connectivity index (χ4v) is 0.718. The highest BCUT2D eigenvalue weighted by Crippen LogP contribution is 2.19. The van der Waals surface area contributed by atoms with E-state index in [2.05, 4.69) is 10.9 Å². The Labute approximate surface area is 64.0 Å². The number of anilines is 1. The van der Waals surface area contributed by atoms with Crippen LogP contribution >= 0.6 is 11.6 Å². The third-order valence-corrected chi connectivity index (χ3v) is 1.40. The molecule has 0 aliphatic carbocycles. The Kier molecular flexibility index (Phi) is 1.79. The number of nitrogens with two attached hydrogens (primary N) is 1. The largest absolute Gasteiger partial charge is 0.396 e. The summed E-state index contributed by atoms with van der Waals surface area (Å²) in [5, 5.41) is 0.399. The summed E-state index contributed by atoms with van der Waals surface area (Å²) in [7, 11) is 0. The van der Waals surface area contributed by atoms with E-state index in [9.17, 15) is 0 Å². The molecule has 2 N–H and O–H groups in total. The van der Waals surface area contributed by atoms with Gasteiger partial charge in [-0.05, 0) is 0 Å². The van der Waals surface area contributed by atoms with Gasteiger partial charge in [-0.25, -0.2) is 0 Å². The topological polar surface area (TPSA) is 38.9 Å². The number of pyridine rings is 1. The van der Waals surface area contributed by atoms with E-state index >= 15 is 0 Å². The maximum absolute atomic E-state index is 5.61. The predicted molar refractivity (Wildman–Crippen MR) is 41.6 cm³/mol. The Hall–Kier alpha value is -1.20. The zero-order chi connectivity index (χ0) is 7.56. The van der Waals surface area contributed by atoms with Crippen molar-refractivity contribution in [1.82, 2.24) is 4.98 Å². The predicted octanol–water partition coefficient (Wildman–Crippen LogP) is 1.30. The van der Waals surface area contributed by atoms with E-state index < -0.39 is 0 Å². The highest BCUT2D eigenvalue weighted by molar-refractivity contribution is 6.33. The molecule has 0 fully saturated rings. The van der Waals surface area contributed by atoms with Crippen LogP contribution in [-0.4, -0.2) is 4.98 Å². The lowest BCUT2D eigenvalue weighted by molar-refractivity contribution is 1.32. The fraction of sp³-hybridized carbons (Fsp3) is 0. The van der Waals surface area contributed by atoms with E-state index in [0.29, 0.717) is 16.3 Å². The molecule has 0 amide bonds. The smallest absolute Gasteiger partial charge is 0.0831 e. The molecular formula is C7H5ClN2. The molecule has 0 spiro atoms. The van der Waals surface area contributed by atoms with Crippen molar-refractivity contribution < 1.29 is 0 Å². The second-order valence-corrected chi connectivity index (χ2v) is 2.13. The van der Waals surface area contributed by atoms with Gasteiger partial charge in [0.1, 0.15) is 0 Å². The van der Waals surface area contributed by atoms with Crippen molar-refractivity contribution in [2.75, 3.05) is 5.73 Å². The first kappa shape index (κ1) is 6.91. The monoisotopic (exact) mass is 152 g/mol. The third-order valence-electron chi connectivity index (χ3n) is 1.09. The molecular weight excluding hydrogens is 148 g/mol. The van der Waals surface area contributed by atoms with Gasteiger partial charge >= 0.3 is 0 Å². The zero-order valence-electron chi connectivity index (χ0n) is 5.13. The molecule has 2 nitrogen and oxygen atoms in total. The van der Waals surface area contributed by atoms with Crippen LogP contribution in [0.15, 0.2) is 12.4 Å². The van der Waals surface area contributed by atoms with Gasteiger partial charge in [0, 0.05) is 12.4 Å². The van der Waals surface area contributed by atoms with Crippen LogP contribution in [0, 0.1) is 12.3 Å². The first-order valence-corrected chi connectivity index (χ1v) is 2.99. The Bertz CT molecular complexity index is 288. The number of aromatic nitrogens is 1. The van der Waals surface area contributed by atoms with Gasteiger partial charge in [-0.2, -0.15) is 0 Å². The summed E-state index contributed by atoms with van der Waals surface area (Å²) in [6.07, 6.45) is 8.05. The number of rotatable bonds is 0. The quantitative estimate of drug-likeness (QED) is 0.569. The van der Waals surface area contributed by atoms with E-state index in [1.54, 1.807) is 0 Å². The van der Waals surface area contributed by atoms with Gasteiger partial charge in [0.15, 0.2) is 0 Å². The lowest BCUT2D eigenvalue weighted by Gasteiger charge is -1.97. The van der Waals surface area contributed by atoms with Gasteiger partial charge in [0.05, 0.1) is 16.3 Å². The number of hydrogen-bond acceptors (Lipinski definition) is 2. The van der Waals surface area contributed by atoms with Crippen LogP contribution in [0.25, 0.3) is 0 Å². The average Bonchev–Trinajstić information content (AvgIpc) is 1.95. The first-order chi connectivity index (χ1) is 4.75. The Morgan fingerprint density at radius 3 is 2.80 bits per heavy atom.